The third kappa shape index (κ3) is 4.46. The van der Waals surface area contributed by atoms with Crippen molar-refractivity contribution in [1.29, 1.82) is 0 Å². The van der Waals surface area contributed by atoms with Crippen LogP contribution in [0.25, 0.3) is 0 Å². The predicted molar refractivity (Wildman–Crippen MR) is 88.9 cm³/mol. The van der Waals surface area contributed by atoms with E-state index in [1.54, 1.807) is 4.90 Å². The molecule has 2 aliphatic rings. The second-order valence-corrected chi connectivity index (χ2v) is 8.02. The highest BCUT2D eigenvalue weighted by Crippen LogP contribution is 2.45. The summed E-state index contributed by atoms with van der Waals surface area (Å²) in [7, 11) is 0. The van der Waals surface area contributed by atoms with Crippen LogP contribution in [-0.2, 0) is 14.3 Å². The molecule has 1 aliphatic heterocycles. The zero-order valence-corrected chi connectivity index (χ0v) is 15.1. The minimum Gasteiger partial charge on any atom is -0.395 e. The molecule has 0 aromatic heterocycles. The molecule has 2 rings (SSSR count). The van der Waals surface area contributed by atoms with Crippen LogP contribution in [-0.4, -0.2) is 54.1 Å². The Morgan fingerprint density at radius 3 is 2.43 bits per heavy atom. The first kappa shape index (κ1) is 18.7. The fraction of sp³-hybridized carbons (Fsp3) is 0.944. The number of carbonyl (C=O) groups is 1. The number of carbonyl (C=O) groups excluding carboxylic acids is 1. The van der Waals surface area contributed by atoms with Gasteiger partial charge in [0.1, 0.15) is 0 Å². The molecule has 0 radical (unpaired) electrons. The summed E-state index contributed by atoms with van der Waals surface area (Å²) in [6, 6.07) is 0. The molecule has 1 atom stereocenters. The van der Waals surface area contributed by atoms with Crippen LogP contribution in [0.3, 0.4) is 0 Å². The summed E-state index contributed by atoms with van der Waals surface area (Å²) in [5.74, 6) is 0.0795. The van der Waals surface area contributed by atoms with Crippen LogP contribution < -0.4 is 0 Å². The number of hydrogen-bond donors (Lipinski definition) is 1. The molecule has 1 spiro atoms. The number of hydrogen-bond acceptors (Lipinski definition) is 4. The van der Waals surface area contributed by atoms with Gasteiger partial charge in [0.2, 0.25) is 0 Å². The van der Waals surface area contributed by atoms with Gasteiger partial charge in [-0.05, 0) is 30.6 Å². The van der Waals surface area contributed by atoms with Gasteiger partial charge in [0.25, 0.3) is 5.91 Å². The Morgan fingerprint density at radius 1 is 1.26 bits per heavy atom. The van der Waals surface area contributed by atoms with E-state index in [1.165, 1.54) is 0 Å². The maximum absolute atomic E-state index is 12.6. The van der Waals surface area contributed by atoms with Crippen LogP contribution in [0, 0.1) is 11.3 Å². The van der Waals surface area contributed by atoms with Gasteiger partial charge >= 0.3 is 0 Å². The number of rotatable bonds is 5. The van der Waals surface area contributed by atoms with Gasteiger partial charge in [0.05, 0.1) is 13.2 Å². The summed E-state index contributed by atoms with van der Waals surface area (Å²) in [6.45, 7) is 10.2. The summed E-state index contributed by atoms with van der Waals surface area (Å²) < 4.78 is 12.0. The maximum atomic E-state index is 12.6. The first-order valence-corrected chi connectivity index (χ1v) is 9.03. The fourth-order valence-electron chi connectivity index (χ4n) is 3.79. The van der Waals surface area contributed by atoms with Gasteiger partial charge < -0.3 is 19.5 Å². The molecule has 0 bridgehead atoms. The first-order chi connectivity index (χ1) is 10.8. The highest BCUT2D eigenvalue weighted by molar-refractivity contribution is 5.81. The smallest absolute Gasteiger partial charge is 0.254 e. The molecule has 23 heavy (non-hydrogen) atoms. The maximum Gasteiger partial charge on any atom is 0.254 e. The van der Waals surface area contributed by atoms with Gasteiger partial charge in [-0.15, -0.1) is 0 Å². The van der Waals surface area contributed by atoms with E-state index in [2.05, 4.69) is 20.8 Å². The van der Waals surface area contributed by atoms with Crippen molar-refractivity contribution in [1.82, 2.24) is 4.90 Å². The molecule has 1 N–H and O–H groups in total. The second-order valence-electron chi connectivity index (χ2n) is 8.02. The number of ether oxygens (including phenoxy) is 2. The van der Waals surface area contributed by atoms with Crippen molar-refractivity contribution in [3.05, 3.63) is 0 Å². The van der Waals surface area contributed by atoms with Crippen molar-refractivity contribution in [2.75, 3.05) is 26.3 Å². The van der Waals surface area contributed by atoms with Crippen LogP contribution in [0.5, 0.6) is 0 Å². The topological polar surface area (TPSA) is 59.0 Å². The Hall–Kier alpha value is -0.650. The van der Waals surface area contributed by atoms with E-state index in [4.69, 9.17) is 14.6 Å². The number of aliphatic hydroxyl groups excluding tert-OH is 1. The summed E-state index contributed by atoms with van der Waals surface area (Å²) in [4.78, 5) is 14.3. The molecule has 5 heteroatoms. The minimum absolute atomic E-state index is 0.0161. The molecule has 5 nitrogen and oxygen atoms in total. The van der Waals surface area contributed by atoms with E-state index in [-0.39, 0.29) is 12.5 Å². The van der Waals surface area contributed by atoms with Crippen LogP contribution in [0.4, 0.5) is 0 Å². The lowest BCUT2D eigenvalue weighted by Gasteiger charge is -2.41. The zero-order chi connectivity index (χ0) is 17.1. The van der Waals surface area contributed by atoms with Crippen molar-refractivity contribution in [3.63, 3.8) is 0 Å². The standard InChI is InChI=1S/C18H33NO4/c1-5-10-19(11-12-20)16(21)15-13-22-18(23-15)8-6-14(7-9-18)17(2,3)4/h14-15,20H,5-13H2,1-4H3. The quantitative estimate of drug-likeness (QED) is 0.843. The van der Waals surface area contributed by atoms with Gasteiger partial charge in [0, 0.05) is 25.9 Å². The van der Waals surface area contributed by atoms with Gasteiger partial charge in [-0.25, -0.2) is 0 Å². The van der Waals surface area contributed by atoms with Crippen molar-refractivity contribution in [2.45, 2.75) is 71.7 Å². The summed E-state index contributed by atoms with van der Waals surface area (Å²) in [6.07, 6.45) is 4.26. The van der Waals surface area contributed by atoms with Gasteiger partial charge in [-0.2, -0.15) is 0 Å². The van der Waals surface area contributed by atoms with E-state index < -0.39 is 11.9 Å². The van der Waals surface area contributed by atoms with Gasteiger partial charge in [-0.1, -0.05) is 27.7 Å². The second kappa shape index (κ2) is 7.49. The lowest BCUT2D eigenvalue weighted by Crippen LogP contribution is -2.44. The Morgan fingerprint density at radius 2 is 1.91 bits per heavy atom. The number of aliphatic hydroxyl groups is 1. The molecule has 134 valence electrons. The Balaban J connectivity index is 1.92. The average Bonchev–Trinajstić information content (AvgIpc) is 2.89. The lowest BCUT2D eigenvalue weighted by molar-refractivity contribution is -0.200. The largest absolute Gasteiger partial charge is 0.395 e. The average molecular weight is 327 g/mol. The van der Waals surface area contributed by atoms with E-state index in [0.717, 1.165) is 32.1 Å². The molecular weight excluding hydrogens is 294 g/mol. The summed E-state index contributed by atoms with van der Waals surface area (Å²) in [5, 5.41) is 9.14. The molecule has 2 fully saturated rings. The summed E-state index contributed by atoms with van der Waals surface area (Å²) in [5.41, 5.74) is 0.314. The van der Waals surface area contributed by atoms with Crippen LogP contribution in [0.15, 0.2) is 0 Å². The molecular formula is C18H33NO4. The molecule has 0 aromatic carbocycles. The SMILES string of the molecule is CCCN(CCO)C(=O)C1COC2(CCC(C(C)(C)C)CC2)O1. The highest BCUT2D eigenvalue weighted by Gasteiger charge is 2.48. The van der Waals surface area contributed by atoms with Crippen molar-refractivity contribution in [2.24, 2.45) is 11.3 Å². The van der Waals surface area contributed by atoms with Crippen LogP contribution in [0.1, 0.15) is 59.8 Å². The third-order valence-electron chi connectivity index (χ3n) is 5.28. The molecule has 1 aliphatic carbocycles. The highest BCUT2D eigenvalue weighted by atomic mass is 16.7. The normalized spacial score (nSPS) is 31.5. The van der Waals surface area contributed by atoms with Crippen molar-refractivity contribution < 1.29 is 19.4 Å². The number of nitrogens with zero attached hydrogens (tertiary/aromatic N) is 1. The Bertz CT molecular complexity index is 390. The van der Waals surface area contributed by atoms with E-state index in [0.29, 0.717) is 31.0 Å². The lowest BCUT2D eigenvalue weighted by atomic mass is 9.71. The molecule has 1 heterocycles. The molecule has 1 amide bonds. The van der Waals surface area contributed by atoms with Crippen LogP contribution >= 0.6 is 0 Å². The van der Waals surface area contributed by atoms with Gasteiger partial charge in [0.15, 0.2) is 11.9 Å². The predicted octanol–water partition coefficient (Wildman–Crippen LogP) is 2.57. The monoisotopic (exact) mass is 327 g/mol. The molecule has 1 saturated carbocycles. The zero-order valence-electron chi connectivity index (χ0n) is 15.1. The summed E-state index contributed by atoms with van der Waals surface area (Å²) >= 11 is 0. The molecule has 1 unspecified atom stereocenters. The Labute approximate surface area is 140 Å². The Kier molecular flexibility index (Phi) is 6.09. The first-order valence-electron chi connectivity index (χ1n) is 9.03. The third-order valence-corrected chi connectivity index (χ3v) is 5.28. The van der Waals surface area contributed by atoms with Crippen molar-refractivity contribution >= 4 is 5.91 Å². The molecule has 1 saturated heterocycles. The number of amides is 1. The van der Waals surface area contributed by atoms with E-state index >= 15 is 0 Å². The molecule has 0 aromatic rings. The van der Waals surface area contributed by atoms with Gasteiger partial charge in [-0.3, -0.25) is 4.79 Å². The van der Waals surface area contributed by atoms with Crippen molar-refractivity contribution in [3.8, 4) is 0 Å². The minimum atomic E-state index is -0.556. The van der Waals surface area contributed by atoms with E-state index in [9.17, 15) is 4.79 Å². The fourth-order valence-corrected chi connectivity index (χ4v) is 3.79. The van der Waals surface area contributed by atoms with E-state index in [1.807, 2.05) is 6.92 Å². The van der Waals surface area contributed by atoms with Crippen LogP contribution in [0.2, 0.25) is 0 Å².